The van der Waals surface area contributed by atoms with Gasteiger partial charge < -0.3 is 24.3 Å². The molecule has 1 saturated heterocycles. The Morgan fingerprint density at radius 2 is 2.11 bits per heavy atom. The van der Waals surface area contributed by atoms with Gasteiger partial charge in [0.25, 0.3) is 5.91 Å². The number of carboxylic acids is 1. The molecule has 1 aliphatic rings. The smallest absolute Gasteiger partial charge is 0.371 e. The Morgan fingerprint density at radius 1 is 1.39 bits per heavy atom. The molecule has 1 fully saturated rings. The van der Waals surface area contributed by atoms with Crippen LogP contribution in [-0.4, -0.2) is 59.4 Å². The van der Waals surface area contributed by atoms with E-state index in [2.05, 4.69) is 0 Å². The van der Waals surface area contributed by atoms with Crippen LogP contribution in [0.1, 0.15) is 21.1 Å². The van der Waals surface area contributed by atoms with Crippen molar-refractivity contribution in [2.75, 3.05) is 26.4 Å². The molecule has 1 aliphatic heterocycles. The molecule has 0 aliphatic carbocycles. The number of furan rings is 1. The number of amides is 1. The van der Waals surface area contributed by atoms with Gasteiger partial charge in [-0.3, -0.25) is 4.79 Å². The minimum Gasteiger partial charge on any atom is -0.475 e. The maximum Gasteiger partial charge on any atom is 0.371 e. The number of aliphatic hydroxyl groups excluding tert-OH is 1. The van der Waals surface area contributed by atoms with E-state index in [0.29, 0.717) is 13.2 Å². The standard InChI is InChI=1S/C11H13NO6/c13-5-7-6-17-4-3-12(7)10(14)8-1-2-9(18-8)11(15)16/h1-2,7,13H,3-6H2,(H,15,16). The number of carboxylic acid groups (broad SMARTS) is 1. The van der Waals surface area contributed by atoms with Crippen LogP contribution in [0.3, 0.4) is 0 Å². The molecule has 2 heterocycles. The molecule has 0 spiro atoms. The first kappa shape index (κ1) is 12.6. The van der Waals surface area contributed by atoms with Crippen molar-refractivity contribution < 1.29 is 29.0 Å². The number of rotatable bonds is 3. The Balaban J connectivity index is 2.15. The molecule has 1 aromatic rings. The van der Waals surface area contributed by atoms with Crippen LogP contribution in [-0.2, 0) is 4.74 Å². The second kappa shape index (κ2) is 5.19. The van der Waals surface area contributed by atoms with E-state index < -0.39 is 17.9 Å². The molecule has 1 atom stereocenters. The predicted molar refractivity (Wildman–Crippen MR) is 58.4 cm³/mol. The monoisotopic (exact) mass is 255 g/mol. The Hall–Kier alpha value is -1.86. The number of hydrogen-bond donors (Lipinski definition) is 2. The number of aliphatic hydroxyl groups is 1. The van der Waals surface area contributed by atoms with Gasteiger partial charge in [0.05, 0.1) is 25.9 Å². The normalized spacial score (nSPS) is 19.8. The van der Waals surface area contributed by atoms with Crippen LogP contribution in [0.15, 0.2) is 16.5 Å². The van der Waals surface area contributed by atoms with Crippen LogP contribution in [0.25, 0.3) is 0 Å². The Morgan fingerprint density at radius 3 is 2.72 bits per heavy atom. The summed E-state index contributed by atoms with van der Waals surface area (Å²) in [5.41, 5.74) is 0. The van der Waals surface area contributed by atoms with E-state index in [1.807, 2.05) is 0 Å². The third-order valence-electron chi connectivity index (χ3n) is 2.73. The maximum absolute atomic E-state index is 12.1. The highest BCUT2D eigenvalue weighted by Gasteiger charge is 2.29. The Bertz CT molecular complexity index is 454. The summed E-state index contributed by atoms with van der Waals surface area (Å²) >= 11 is 0. The summed E-state index contributed by atoms with van der Waals surface area (Å²) < 4.78 is 10.1. The number of carbonyl (C=O) groups excluding carboxylic acids is 1. The summed E-state index contributed by atoms with van der Waals surface area (Å²) in [7, 11) is 0. The fraction of sp³-hybridized carbons (Fsp3) is 0.455. The Labute approximate surface area is 103 Å². The summed E-state index contributed by atoms with van der Waals surface area (Å²) in [5.74, 6) is -2.00. The first-order chi connectivity index (χ1) is 8.63. The third kappa shape index (κ3) is 2.36. The van der Waals surface area contributed by atoms with Crippen molar-refractivity contribution in [1.29, 1.82) is 0 Å². The van der Waals surface area contributed by atoms with Gasteiger partial charge in [0.2, 0.25) is 5.76 Å². The second-order valence-corrected chi connectivity index (χ2v) is 3.88. The van der Waals surface area contributed by atoms with Crippen molar-refractivity contribution in [3.63, 3.8) is 0 Å². The van der Waals surface area contributed by atoms with Crippen LogP contribution < -0.4 is 0 Å². The number of hydrogen-bond acceptors (Lipinski definition) is 5. The van der Waals surface area contributed by atoms with Gasteiger partial charge in [-0.25, -0.2) is 4.79 Å². The molecular formula is C11H13NO6. The van der Waals surface area contributed by atoms with Crippen molar-refractivity contribution >= 4 is 11.9 Å². The van der Waals surface area contributed by atoms with Crippen molar-refractivity contribution in [3.8, 4) is 0 Å². The van der Waals surface area contributed by atoms with Crippen LogP contribution >= 0.6 is 0 Å². The van der Waals surface area contributed by atoms with Crippen molar-refractivity contribution in [3.05, 3.63) is 23.7 Å². The quantitative estimate of drug-likeness (QED) is 0.776. The zero-order valence-electron chi connectivity index (χ0n) is 9.54. The Kier molecular flexibility index (Phi) is 3.63. The second-order valence-electron chi connectivity index (χ2n) is 3.88. The van der Waals surface area contributed by atoms with Gasteiger partial charge >= 0.3 is 5.97 Å². The van der Waals surface area contributed by atoms with Crippen molar-refractivity contribution in [2.24, 2.45) is 0 Å². The van der Waals surface area contributed by atoms with E-state index in [0.717, 1.165) is 0 Å². The van der Waals surface area contributed by atoms with Crippen LogP contribution in [0.5, 0.6) is 0 Å². The molecule has 7 nitrogen and oxygen atoms in total. The summed E-state index contributed by atoms with van der Waals surface area (Å²) in [6, 6.07) is 2.12. The molecule has 0 aromatic carbocycles. The molecule has 2 N–H and O–H groups in total. The lowest BCUT2D eigenvalue weighted by atomic mass is 10.2. The highest BCUT2D eigenvalue weighted by Crippen LogP contribution is 2.15. The largest absolute Gasteiger partial charge is 0.475 e. The summed E-state index contributed by atoms with van der Waals surface area (Å²) in [5, 5.41) is 17.9. The molecule has 0 saturated carbocycles. The SMILES string of the molecule is O=C(O)c1ccc(C(=O)N2CCOCC2CO)o1. The maximum atomic E-state index is 12.1. The lowest BCUT2D eigenvalue weighted by Gasteiger charge is -2.33. The van der Waals surface area contributed by atoms with Crippen molar-refractivity contribution in [2.45, 2.75) is 6.04 Å². The van der Waals surface area contributed by atoms with E-state index in [1.165, 1.54) is 17.0 Å². The van der Waals surface area contributed by atoms with E-state index in [1.54, 1.807) is 0 Å². The van der Waals surface area contributed by atoms with Gasteiger partial charge in [0.15, 0.2) is 5.76 Å². The molecule has 0 bridgehead atoms. The molecule has 0 radical (unpaired) electrons. The minimum atomic E-state index is -1.23. The van der Waals surface area contributed by atoms with Gasteiger partial charge in [0, 0.05) is 6.54 Å². The minimum absolute atomic E-state index is 0.0484. The molecule has 1 aromatic heterocycles. The average molecular weight is 255 g/mol. The fourth-order valence-electron chi connectivity index (χ4n) is 1.78. The summed E-state index contributed by atoms with van der Waals surface area (Å²) in [6.45, 7) is 0.773. The van der Waals surface area contributed by atoms with Gasteiger partial charge in [-0.2, -0.15) is 0 Å². The highest BCUT2D eigenvalue weighted by atomic mass is 16.5. The zero-order valence-corrected chi connectivity index (χ0v) is 9.54. The number of carbonyl (C=O) groups is 2. The van der Waals surface area contributed by atoms with E-state index in [-0.39, 0.29) is 24.7 Å². The van der Waals surface area contributed by atoms with E-state index in [4.69, 9.17) is 19.4 Å². The van der Waals surface area contributed by atoms with Crippen LogP contribution in [0.2, 0.25) is 0 Å². The van der Waals surface area contributed by atoms with E-state index >= 15 is 0 Å². The summed E-state index contributed by atoms with van der Waals surface area (Å²) in [4.78, 5) is 24.2. The van der Waals surface area contributed by atoms with Crippen LogP contribution in [0, 0.1) is 0 Å². The van der Waals surface area contributed by atoms with Gasteiger partial charge in [-0.15, -0.1) is 0 Å². The average Bonchev–Trinajstić information content (AvgIpc) is 2.87. The molecule has 7 heteroatoms. The predicted octanol–water partition coefficient (Wildman–Crippen LogP) is -0.189. The number of nitrogens with zero attached hydrogens (tertiary/aromatic N) is 1. The van der Waals surface area contributed by atoms with Gasteiger partial charge in [-0.05, 0) is 12.1 Å². The zero-order chi connectivity index (χ0) is 13.1. The third-order valence-corrected chi connectivity index (χ3v) is 2.73. The first-order valence-electron chi connectivity index (χ1n) is 5.46. The van der Waals surface area contributed by atoms with E-state index in [9.17, 15) is 9.59 Å². The number of morpholine rings is 1. The molecular weight excluding hydrogens is 242 g/mol. The van der Waals surface area contributed by atoms with Crippen LogP contribution in [0.4, 0.5) is 0 Å². The molecule has 18 heavy (non-hydrogen) atoms. The molecule has 1 amide bonds. The molecule has 1 unspecified atom stereocenters. The number of ether oxygens (including phenoxy) is 1. The molecule has 2 rings (SSSR count). The highest BCUT2D eigenvalue weighted by molar-refractivity contribution is 5.93. The van der Waals surface area contributed by atoms with Crippen molar-refractivity contribution in [1.82, 2.24) is 4.90 Å². The lowest BCUT2D eigenvalue weighted by molar-refractivity contribution is -0.0197. The topological polar surface area (TPSA) is 100 Å². The first-order valence-corrected chi connectivity index (χ1v) is 5.46. The lowest BCUT2D eigenvalue weighted by Crippen LogP contribution is -2.50. The fourth-order valence-corrected chi connectivity index (χ4v) is 1.78. The number of aromatic carboxylic acids is 1. The summed E-state index contributed by atoms with van der Waals surface area (Å²) in [6.07, 6.45) is 0. The van der Waals surface area contributed by atoms with Gasteiger partial charge in [0.1, 0.15) is 0 Å². The van der Waals surface area contributed by atoms with Gasteiger partial charge in [-0.1, -0.05) is 0 Å². The molecule has 98 valence electrons.